The zero-order valence-corrected chi connectivity index (χ0v) is 28.1. The molecule has 0 radical (unpaired) electrons. The van der Waals surface area contributed by atoms with Gasteiger partial charge < -0.3 is 43.4 Å². The zero-order chi connectivity index (χ0) is 34.9. The number of aliphatic hydroxyl groups excluding tert-OH is 2. The number of carbonyl (C=O) groups is 1. The molecule has 0 spiro atoms. The summed E-state index contributed by atoms with van der Waals surface area (Å²) in [5.41, 5.74) is 3.09. The molecule has 2 N–H and O–H groups in total. The van der Waals surface area contributed by atoms with Crippen molar-refractivity contribution in [2.45, 2.75) is 95.1 Å². The Balaban J connectivity index is 1.24. The lowest BCUT2D eigenvalue weighted by atomic mass is 9.97. The Labute approximate surface area is 292 Å². The van der Waals surface area contributed by atoms with E-state index < -0.39 is 67.4 Å². The monoisotopic (exact) mass is 684 g/mol. The van der Waals surface area contributed by atoms with Crippen molar-refractivity contribution >= 4 is 5.97 Å². The van der Waals surface area contributed by atoms with Crippen LogP contribution in [0.4, 0.5) is 0 Å². The first kappa shape index (κ1) is 35.8. The van der Waals surface area contributed by atoms with Gasteiger partial charge in [0.2, 0.25) is 0 Å². The van der Waals surface area contributed by atoms with Crippen LogP contribution in [0.5, 0.6) is 0 Å². The van der Waals surface area contributed by atoms with Gasteiger partial charge in [0.05, 0.1) is 37.6 Å². The van der Waals surface area contributed by atoms with Crippen LogP contribution in [-0.4, -0.2) is 77.6 Å². The Morgan fingerprint density at radius 3 is 1.52 bits per heavy atom. The van der Waals surface area contributed by atoms with Crippen LogP contribution in [0.1, 0.15) is 40.9 Å². The molecule has 0 aliphatic carbocycles. The predicted octanol–water partition coefficient (Wildman–Crippen LogP) is 5.20. The van der Waals surface area contributed by atoms with E-state index in [9.17, 15) is 15.0 Å². The number of hydrogen-bond donors (Lipinski definition) is 2. The second-order valence-corrected chi connectivity index (χ2v) is 12.6. The van der Waals surface area contributed by atoms with E-state index in [0.29, 0.717) is 5.56 Å². The largest absolute Gasteiger partial charge is 0.453 e. The molecule has 6 rings (SSSR count). The number of benzene rings is 4. The Kier molecular flexibility index (Phi) is 12.4. The van der Waals surface area contributed by atoms with Crippen LogP contribution in [0.2, 0.25) is 0 Å². The summed E-state index contributed by atoms with van der Waals surface area (Å²) in [6.07, 6.45) is -10.2. The molecule has 2 fully saturated rings. The van der Waals surface area contributed by atoms with Crippen molar-refractivity contribution in [1.82, 2.24) is 0 Å². The van der Waals surface area contributed by atoms with Crippen molar-refractivity contribution in [3.8, 4) is 0 Å². The lowest BCUT2D eigenvalue weighted by Gasteiger charge is -2.47. The average molecular weight is 685 g/mol. The molecular formula is C40H44O10. The van der Waals surface area contributed by atoms with E-state index in [0.717, 1.165) is 16.7 Å². The third-order valence-corrected chi connectivity index (χ3v) is 8.90. The molecule has 2 aliphatic heterocycles. The van der Waals surface area contributed by atoms with Crippen LogP contribution in [0.15, 0.2) is 121 Å². The Hall–Kier alpha value is -3.97. The number of hydrogen-bond acceptors (Lipinski definition) is 10. The lowest BCUT2D eigenvalue weighted by molar-refractivity contribution is -0.365. The first-order valence-corrected chi connectivity index (χ1v) is 16.9. The Morgan fingerprint density at radius 1 is 0.560 bits per heavy atom. The molecule has 4 aromatic carbocycles. The van der Waals surface area contributed by atoms with Gasteiger partial charge in [0.15, 0.2) is 18.7 Å². The van der Waals surface area contributed by atoms with Crippen LogP contribution in [-0.2, 0) is 53.0 Å². The van der Waals surface area contributed by atoms with E-state index in [4.69, 9.17) is 33.2 Å². The molecule has 10 heteroatoms. The minimum Gasteiger partial charge on any atom is -0.453 e. The predicted molar refractivity (Wildman–Crippen MR) is 182 cm³/mol. The third kappa shape index (κ3) is 9.03. The van der Waals surface area contributed by atoms with Gasteiger partial charge in [-0.3, -0.25) is 0 Å². The highest BCUT2D eigenvalue weighted by atomic mass is 16.7. The lowest BCUT2D eigenvalue weighted by Crippen LogP contribution is -2.64. The van der Waals surface area contributed by atoms with Crippen molar-refractivity contribution in [2.75, 3.05) is 0 Å². The highest BCUT2D eigenvalue weighted by Gasteiger charge is 2.52. The molecule has 50 heavy (non-hydrogen) atoms. The highest BCUT2D eigenvalue weighted by Crippen LogP contribution is 2.34. The third-order valence-electron chi connectivity index (χ3n) is 8.90. The number of carbonyl (C=O) groups excluding carboxylic acids is 1. The van der Waals surface area contributed by atoms with Crippen LogP contribution in [0.3, 0.4) is 0 Å². The smallest absolute Gasteiger partial charge is 0.338 e. The Morgan fingerprint density at radius 2 is 1.00 bits per heavy atom. The van der Waals surface area contributed by atoms with E-state index in [-0.39, 0.29) is 19.8 Å². The summed E-state index contributed by atoms with van der Waals surface area (Å²) in [6, 6.07) is 37.4. The second kappa shape index (κ2) is 17.3. The van der Waals surface area contributed by atoms with Gasteiger partial charge in [0.25, 0.3) is 0 Å². The molecule has 0 bridgehead atoms. The van der Waals surface area contributed by atoms with Gasteiger partial charge in [-0.05, 0) is 42.7 Å². The van der Waals surface area contributed by atoms with Crippen molar-refractivity contribution in [1.29, 1.82) is 0 Å². The summed E-state index contributed by atoms with van der Waals surface area (Å²) in [5, 5.41) is 23.1. The van der Waals surface area contributed by atoms with Crippen molar-refractivity contribution in [3.63, 3.8) is 0 Å². The van der Waals surface area contributed by atoms with Crippen LogP contribution in [0.25, 0.3) is 0 Å². The fraction of sp³-hybridized carbons (Fsp3) is 0.375. The molecule has 10 nitrogen and oxygen atoms in total. The summed E-state index contributed by atoms with van der Waals surface area (Å²) in [4.78, 5) is 13.2. The number of aliphatic hydroxyl groups is 2. The van der Waals surface area contributed by atoms with Gasteiger partial charge in [-0.1, -0.05) is 109 Å². The molecule has 0 saturated carbocycles. The zero-order valence-electron chi connectivity index (χ0n) is 28.1. The molecule has 2 heterocycles. The number of ether oxygens (including phenoxy) is 7. The molecule has 0 unspecified atom stereocenters. The first-order valence-electron chi connectivity index (χ1n) is 16.9. The van der Waals surface area contributed by atoms with Crippen LogP contribution in [0, 0.1) is 0 Å². The number of rotatable bonds is 13. The minimum atomic E-state index is -1.44. The molecular weight excluding hydrogens is 640 g/mol. The van der Waals surface area contributed by atoms with Gasteiger partial charge in [-0.25, -0.2) is 4.79 Å². The van der Waals surface area contributed by atoms with Crippen molar-refractivity contribution in [3.05, 3.63) is 144 Å². The summed E-state index contributed by atoms with van der Waals surface area (Å²) in [7, 11) is 0. The molecule has 0 aromatic heterocycles. The van der Waals surface area contributed by atoms with E-state index in [1.54, 1.807) is 44.2 Å². The van der Waals surface area contributed by atoms with E-state index in [1.807, 2.05) is 91.0 Å². The minimum absolute atomic E-state index is 0.131. The average Bonchev–Trinajstić information content (AvgIpc) is 3.14. The molecule has 0 amide bonds. The van der Waals surface area contributed by atoms with Gasteiger partial charge in [0.1, 0.15) is 30.5 Å². The van der Waals surface area contributed by atoms with E-state index >= 15 is 0 Å². The maximum Gasteiger partial charge on any atom is 0.338 e. The maximum absolute atomic E-state index is 13.2. The SMILES string of the molecule is C[C@@H]1O[C@@H](O)[C@H](O[C@H]2O[C@@H](C)[C@H](OC(=O)c3ccccc3)[C@@H](OCc3ccccc3)[C@H]2O)[C@H](OCc2ccccc2)[C@H]1OCc1ccccc1. The second-order valence-electron chi connectivity index (χ2n) is 12.6. The molecule has 2 saturated heterocycles. The molecule has 10 atom stereocenters. The Bertz CT molecular complexity index is 1590. The topological polar surface area (TPSA) is 122 Å². The first-order chi connectivity index (χ1) is 24.4. The summed E-state index contributed by atoms with van der Waals surface area (Å²) in [5.74, 6) is -0.580. The van der Waals surface area contributed by atoms with Crippen LogP contribution >= 0.6 is 0 Å². The maximum atomic E-state index is 13.2. The van der Waals surface area contributed by atoms with E-state index in [2.05, 4.69) is 0 Å². The molecule has 4 aromatic rings. The number of esters is 1. The van der Waals surface area contributed by atoms with E-state index in [1.165, 1.54) is 0 Å². The van der Waals surface area contributed by atoms with Gasteiger partial charge in [-0.2, -0.15) is 0 Å². The van der Waals surface area contributed by atoms with Crippen molar-refractivity contribution in [2.24, 2.45) is 0 Å². The molecule has 2 aliphatic rings. The summed E-state index contributed by atoms with van der Waals surface area (Å²) < 4.78 is 43.5. The fourth-order valence-electron chi connectivity index (χ4n) is 6.23. The van der Waals surface area contributed by atoms with Crippen LogP contribution < -0.4 is 0 Å². The standard InChI is InChI=1S/C40H44O10/c1-26-33(44-23-28-15-7-3-8-16-28)36(46-25-30-19-11-5-12-20-30)37(39(43)47-26)50-40-32(41)35(45-24-29-17-9-4-10-18-29)34(27(2)48-40)49-38(42)31-21-13-6-14-22-31/h3-22,26-27,32-37,39-41,43H,23-25H2,1-2H3/t26-,27-,32+,33-,34-,35-,36+,37+,39+,40+/m0/s1. The van der Waals surface area contributed by atoms with Gasteiger partial charge in [0, 0.05) is 0 Å². The quantitative estimate of drug-likeness (QED) is 0.182. The van der Waals surface area contributed by atoms with Crippen molar-refractivity contribution < 1.29 is 48.2 Å². The highest BCUT2D eigenvalue weighted by molar-refractivity contribution is 5.89. The normalized spacial score (nSPS) is 29.7. The summed E-state index contributed by atoms with van der Waals surface area (Å²) >= 11 is 0. The molecule has 264 valence electrons. The van der Waals surface area contributed by atoms with Gasteiger partial charge >= 0.3 is 5.97 Å². The fourth-order valence-corrected chi connectivity index (χ4v) is 6.23. The van der Waals surface area contributed by atoms with Gasteiger partial charge in [-0.15, -0.1) is 0 Å². The summed E-state index contributed by atoms with van der Waals surface area (Å²) in [6.45, 7) is 4.14.